The second kappa shape index (κ2) is 8.69. The molecule has 7 heteroatoms. The molecule has 1 aliphatic carbocycles. The highest BCUT2D eigenvalue weighted by atomic mass is 19.1. The summed E-state index contributed by atoms with van der Waals surface area (Å²) >= 11 is 0. The Morgan fingerprint density at radius 2 is 2.07 bits per heavy atom. The zero-order valence-electron chi connectivity index (χ0n) is 15.8. The molecular formula is C20H28FN3O3. The van der Waals surface area contributed by atoms with Crippen LogP contribution in [-0.2, 0) is 11.3 Å². The van der Waals surface area contributed by atoms with E-state index in [1.807, 2.05) is 17.9 Å². The van der Waals surface area contributed by atoms with Gasteiger partial charge in [0.15, 0.2) is 0 Å². The third-order valence-corrected chi connectivity index (χ3v) is 5.28. The summed E-state index contributed by atoms with van der Waals surface area (Å²) in [4.78, 5) is 28.5. The summed E-state index contributed by atoms with van der Waals surface area (Å²) in [6.45, 7) is 2.99. The van der Waals surface area contributed by atoms with E-state index in [0.717, 1.165) is 31.2 Å². The molecule has 0 radical (unpaired) electrons. The molecule has 0 aromatic heterocycles. The lowest BCUT2D eigenvalue weighted by Gasteiger charge is -2.39. The van der Waals surface area contributed by atoms with Crippen molar-refractivity contribution in [1.29, 1.82) is 0 Å². The van der Waals surface area contributed by atoms with Gasteiger partial charge in [-0.1, -0.05) is 12.1 Å². The van der Waals surface area contributed by atoms with Crippen molar-refractivity contribution in [2.75, 3.05) is 19.7 Å². The quantitative estimate of drug-likeness (QED) is 0.798. The molecule has 2 aliphatic rings. The van der Waals surface area contributed by atoms with Crippen molar-refractivity contribution < 1.29 is 19.1 Å². The maximum absolute atomic E-state index is 14.0. The third-order valence-electron chi connectivity index (χ3n) is 5.28. The first kappa shape index (κ1) is 19.6. The summed E-state index contributed by atoms with van der Waals surface area (Å²) in [6.07, 6.45) is 3.74. The molecule has 1 aliphatic heterocycles. The van der Waals surface area contributed by atoms with Gasteiger partial charge in [-0.05, 0) is 44.2 Å². The minimum Gasteiger partial charge on any atom is -0.396 e. The van der Waals surface area contributed by atoms with Crippen molar-refractivity contribution in [3.8, 4) is 0 Å². The van der Waals surface area contributed by atoms with Crippen molar-refractivity contribution in [3.05, 3.63) is 35.1 Å². The number of likely N-dealkylation sites (tertiary alicyclic amines) is 1. The lowest BCUT2D eigenvalue weighted by Crippen LogP contribution is -2.55. The van der Waals surface area contributed by atoms with Crippen molar-refractivity contribution in [1.82, 2.24) is 15.1 Å². The van der Waals surface area contributed by atoms with Crippen LogP contribution in [0, 0.1) is 12.7 Å². The summed E-state index contributed by atoms with van der Waals surface area (Å²) in [5, 5.41) is 11.8. The van der Waals surface area contributed by atoms with E-state index in [1.165, 1.54) is 6.07 Å². The van der Waals surface area contributed by atoms with Crippen LogP contribution in [0.2, 0.25) is 0 Å². The van der Waals surface area contributed by atoms with Gasteiger partial charge >= 0.3 is 6.03 Å². The molecule has 2 N–H and O–H groups in total. The van der Waals surface area contributed by atoms with E-state index in [0.29, 0.717) is 18.7 Å². The molecule has 0 spiro atoms. The predicted molar refractivity (Wildman–Crippen MR) is 99.5 cm³/mol. The minimum atomic E-state index is -0.313. The highest BCUT2D eigenvalue weighted by Gasteiger charge is 2.39. The van der Waals surface area contributed by atoms with E-state index >= 15 is 0 Å². The van der Waals surface area contributed by atoms with Gasteiger partial charge in [0, 0.05) is 37.7 Å². The first-order valence-electron chi connectivity index (χ1n) is 9.69. The number of aryl methyl sites for hydroxylation is 1. The standard InChI is InChI=1S/C20H28FN3O3/c1-14-4-5-15(18(21)11-14)12-22-20(27)24(16-6-7-16)17-3-2-9-23(13-17)19(26)8-10-25/h4-5,11,16-17,25H,2-3,6-10,12-13H2,1H3,(H,22,27)/t17-/m1/s1. The van der Waals surface area contributed by atoms with Crippen LogP contribution in [0.4, 0.5) is 9.18 Å². The van der Waals surface area contributed by atoms with Gasteiger partial charge in [0.05, 0.1) is 12.6 Å². The molecule has 1 saturated heterocycles. The van der Waals surface area contributed by atoms with Gasteiger partial charge in [-0.3, -0.25) is 4.79 Å². The Balaban J connectivity index is 1.62. The molecule has 27 heavy (non-hydrogen) atoms. The second-order valence-electron chi connectivity index (χ2n) is 7.50. The number of carbonyl (C=O) groups is 2. The number of carbonyl (C=O) groups excluding carboxylic acids is 2. The average Bonchev–Trinajstić information content (AvgIpc) is 3.46. The minimum absolute atomic E-state index is 0.0308. The van der Waals surface area contributed by atoms with Gasteiger partial charge in [0.25, 0.3) is 0 Å². The fraction of sp³-hybridized carbons (Fsp3) is 0.600. The number of hydrogen-bond donors (Lipinski definition) is 2. The number of hydrogen-bond acceptors (Lipinski definition) is 3. The summed E-state index contributed by atoms with van der Waals surface area (Å²) in [5.41, 5.74) is 1.31. The SMILES string of the molecule is Cc1ccc(CNC(=O)N(C2CC2)[C@@H]2CCCN(C(=O)CCO)C2)c(F)c1. The van der Waals surface area contributed by atoms with Gasteiger partial charge in [0.1, 0.15) is 5.82 Å². The Hall–Kier alpha value is -2.15. The van der Waals surface area contributed by atoms with E-state index in [-0.39, 0.29) is 49.4 Å². The number of piperidine rings is 1. The van der Waals surface area contributed by atoms with Crippen LogP contribution in [0.1, 0.15) is 43.2 Å². The van der Waals surface area contributed by atoms with Crippen LogP contribution in [0.15, 0.2) is 18.2 Å². The average molecular weight is 377 g/mol. The summed E-state index contributed by atoms with van der Waals surface area (Å²) in [5.74, 6) is -0.383. The summed E-state index contributed by atoms with van der Waals surface area (Å²) in [6, 6.07) is 4.96. The monoisotopic (exact) mass is 377 g/mol. The highest BCUT2D eigenvalue weighted by molar-refractivity contribution is 5.77. The van der Waals surface area contributed by atoms with Gasteiger partial charge in [-0.15, -0.1) is 0 Å². The Bertz CT molecular complexity index is 693. The normalized spacial score (nSPS) is 19.7. The van der Waals surface area contributed by atoms with Crippen molar-refractivity contribution in [3.63, 3.8) is 0 Å². The zero-order chi connectivity index (χ0) is 19.4. The van der Waals surface area contributed by atoms with Crippen LogP contribution in [0.5, 0.6) is 0 Å². The highest BCUT2D eigenvalue weighted by Crippen LogP contribution is 2.31. The fourth-order valence-corrected chi connectivity index (χ4v) is 3.70. The van der Waals surface area contributed by atoms with E-state index in [2.05, 4.69) is 5.32 Å². The Morgan fingerprint density at radius 3 is 2.74 bits per heavy atom. The van der Waals surface area contributed by atoms with Crippen LogP contribution >= 0.6 is 0 Å². The maximum Gasteiger partial charge on any atom is 0.318 e. The van der Waals surface area contributed by atoms with Gasteiger partial charge in [-0.2, -0.15) is 0 Å². The number of halogens is 1. The fourth-order valence-electron chi connectivity index (χ4n) is 3.70. The molecule has 1 aromatic rings. The molecule has 6 nitrogen and oxygen atoms in total. The first-order valence-corrected chi connectivity index (χ1v) is 9.69. The number of benzene rings is 1. The molecule has 1 atom stereocenters. The number of urea groups is 1. The lowest BCUT2D eigenvalue weighted by molar-refractivity contribution is -0.133. The van der Waals surface area contributed by atoms with E-state index in [1.54, 1.807) is 11.0 Å². The lowest BCUT2D eigenvalue weighted by atomic mass is 10.0. The topological polar surface area (TPSA) is 72.9 Å². The largest absolute Gasteiger partial charge is 0.396 e. The molecule has 1 aromatic carbocycles. The Labute approximate surface area is 159 Å². The first-order chi connectivity index (χ1) is 13.0. The van der Waals surface area contributed by atoms with Crippen molar-refractivity contribution in [2.45, 2.75) is 57.7 Å². The van der Waals surface area contributed by atoms with E-state index in [9.17, 15) is 14.0 Å². The van der Waals surface area contributed by atoms with Crippen LogP contribution < -0.4 is 5.32 Å². The number of aliphatic hydroxyl groups is 1. The Morgan fingerprint density at radius 1 is 1.30 bits per heavy atom. The number of aliphatic hydroxyl groups excluding tert-OH is 1. The number of amides is 3. The molecule has 0 unspecified atom stereocenters. The predicted octanol–water partition coefficient (Wildman–Crippen LogP) is 2.18. The molecular weight excluding hydrogens is 349 g/mol. The number of rotatable bonds is 6. The molecule has 3 amide bonds. The summed E-state index contributed by atoms with van der Waals surface area (Å²) < 4.78 is 14.0. The molecule has 148 valence electrons. The molecule has 2 fully saturated rings. The second-order valence-corrected chi connectivity index (χ2v) is 7.50. The van der Waals surface area contributed by atoms with E-state index in [4.69, 9.17) is 5.11 Å². The van der Waals surface area contributed by atoms with Crippen LogP contribution in [0.25, 0.3) is 0 Å². The van der Waals surface area contributed by atoms with E-state index < -0.39 is 0 Å². The molecule has 3 rings (SSSR count). The van der Waals surface area contributed by atoms with Gasteiger partial charge in [-0.25, -0.2) is 9.18 Å². The molecule has 1 heterocycles. The maximum atomic E-state index is 14.0. The summed E-state index contributed by atoms with van der Waals surface area (Å²) in [7, 11) is 0. The number of nitrogens with one attached hydrogen (secondary N) is 1. The van der Waals surface area contributed by atoms with Gasteiger partial charge < -0.3 is 20.2 Å². The zero-order valence-corrected chi connectivity index (χ0v) is 15.8. The molecule has 0 bridgehead atoms. The Kier molecular flexibility index (Phi) is 6.31. The van der Waals surface area contributed by atoms with Crippen molar-refractivity contribution >= 4 is 11.9 Å². The van der Waals surface area contributed by atoms with Crippen LogP contribution in [0.3, 0.4) is 0 Å². The van der Waals surface area contributed by atoms with Crippen molar-refractivity contribution in [2.24, 2.45) is 0 Å². The number of nitrogens with zero attached hydrogens (tertiary/aromatic N) is 2. The third kappa shape index (κ3) is 4.97. The van der Waals surface area contributed by atoms with Gasteiger partial charge in [0.2, 0.25) is 5.91 Å². The smallest absolute Gasteiger partial charge is 0.318 e. The van der Waals surface area contributed by atoms with Crippen LogP contribution in [-0.4, -0.2) is 58.6 Å². The molecule has 1 saturated carbocycles.